The summed E-state index contributed by atoms with van der Waals surface area (Å²) in [6, 6.07) is 14.1. The first-order chi connectivity index (χ1) is 10.6. The fourth-order valence-electron chi connectivity index (χ4n) is 1.80. The molecule has 2 rings (SSSR count). The van der Waals surface area contributed by atoms with E-state index in [1.807, 2.05) is 6.07 Å². The first kappa shape index (κ1) is 15.5. The van der Waals surface area contributed by atoms with Crippen LogP contribution in [-0.4, -0.2) is 4.92 Å². The standard InChI is InChI=1S/C16H11ClN2O3/c17-15-9-12(7-8-19(20)21)5-6-16(15)22-11-14-4-2-1-3-13(14)10-18/h1-9H,11H2. The van der Waals surface area contributed by atoms with E-state index < -0.39 is 4.92 Å². The molecule has 5 nitrogen and oxygen atoms in total. The number of benzene rings is 2. The Morgan fingerprint density at radius 2 is 2.09 bits per heavy atom. The van der Waals surface area contributed by atoms with Gasteiger partial charge in [0.1, 0.15) is 12.4 Å². The van der Waals surface area contributed by atoms with Gasteiger partial charge in [-0.05, 0) is 23.8 Å². The van der Waals surface area contributed by atoms with Gasteiger partial charge in [0.25, 0.3) is 0 Å². The second kappa shape index (κ2) is 7.25. The molecule has 0 N–H and O–H groups in total. The van der Waals surface area contributed by atoms with Gasteiger partial charge in [-0.1, -0.05) is 35.9 Å². The SMILES string of the molecule is N#Cc1ccccc1COc1ccc(C=C[N+](=O)[O-])cc1Cl. The molecule has 0 heterocycles. The van der Waals surface area contributed by atoms with Crippen molar-refractivity contribution in [3.63, 3.8) is 0 Å². The van der Waals surface area contributed by atoms with Gasteiger partial charge in [-0.2, -0.15) is 5.26 Å². The largest absolute Gasteiger partial charge is 0.487 e. The zero-order valence-corrected chi connectivity index (χ0v) is 12.2. The summed E-state index contributed by atoms with van der Waals surface area (Å²) in [6.07, 6.45) is 2.19. The maximum absolute atomic E-state index is 10.3. The van der Waals surface area contributed by atoms with Crippen molar-refractivity contribution >= 4 is 17.7 Å². The second-order valence-corrected chi connectivity index (χ2v) is 4.76. The molecule has 0 atom stereocenters. The molecular formula is C16H11ClN2O3. The summed E-state index contributed by atoms with van der Waals surface area (Å²) in [4.78, 5) is 9.73. The third-order valence-electron chi connectivity index (χ3n) is 2.87. The topological polar surface area (TPSA) is 76.2 Å². The Hall–Kier alpha value is -2.84. The Labute approximate surface area is 132 Å². The fourth-order valence-corrected chi connectivity index (χ4v) is 2.04. The first-order valence-corrected chi connectivity index (χ1v) is 6.70. The van der Waals surface area contributed by atoms with Crippen molar-refractivity contribution in [2.45, 2.75) is 6.61 Å². The van der Waals surface area contributed by atoms with Crippen molar-refractivity contribution in [1.29, 1.82) is 5.26 Å². The van der Waals surface area contributed by atoms with E-state index in [9.17, 15) is 10.1 Å². The van der Waals surface area contributed by atoms with Gasteiger partial charge in [0.15, 0.2) is 0 Å². The molecule has 22 heavy (non-hydrogen) atoms. The first-order valence-electron chi connectivity index (χ1n) is 6.32. The number of nitrogens with zero attached hydrogens (tertiary/aromatic N) is 2. The third-order valence-corrected chi connectivity index (χ3v) is 3.16. The minimum Gasteiger partial charge on any atom is -0.487 e. The highest BCUT2D eigenvalue weighted by atomic mass is 35.5. The lowest BCUT2D eigenvalue weighted by Gasteiger charge is -2.09. The molecule has 0 radical (unpaired) electrons. The highest BCUT2D eigenvalue weighted by Crippen LogP contribution is 2.27. The maximum atomic E-state index is 10.3. The van der Waals surface area contributed by atoms with Gasteiger partial charge in [-0.3, -0.25) is 10.1 Å². The van der Waals surface area contributed by atoms with Crippen LogP contribution in [0.25, 0.3) is 6.08 Å². The molecule has 110 valence electrons. The zero-order valence-electron chi connectivity index (χ0n) is 11.4. The van der Waals surface area contributed by atoms with Crippen LogP contribution in [0.4, 0.5) is 0 Å². The lowest BCUT2D eigenvalue weighted by Crippen LogP contribution is -1.98. The molecule has 2 aromatic rings. The van der Waals surface area contributed by atoms with Crippen LogP contribution in [-0.2, 0) is 6.61 Å². The van der Waals surface area contributed by atoms with E-state index in [-0.39, 0.29) is 6.61 Å². The van der Waals surface area contributed by atoms with Crippen LogP contribution < -0.4 is 4.74 Å². The zero-order chi connectivity index (χ0) is 15.9. The molecule has 0 aromatic heterocycles. The van der Waals surface area contributed by atoms with E-state index in [2.05, 4.69) is 6.07 Å². The summed E-state index contributed by atoms with van der Waals surface area (Å²) < 4.78 is 5.60. The Morgan fingerprint density at radius 1 is 1.32 bits per heavy atom. The predicted molar refractivity (Wildman–Crippen MR) is 83.0 cm³/mol. The van der Waals surface area contributed by atoms with Gasteiger partial charge in [0, 0.05) is 11.6 Å². The van der Waals surface area contributed by atoms with Crippen molar-refractivity contribution in [3.05, 3.63) is 80.5 Å². The van der Waals surface area contributed by atoms with Gasteiger partial charge >= 0.3 is 0 Å². The molecule has 0 saturated heterocycles. The molecule has 0 aliphatic heterocycles. The fraction of sp³-hybridized carbons (Fsp3) is 0.0625. The number of hydrogen-bond donors (Lipinski definition) is 0. The highest BCUT2D eigenvalue weighted by molar-refractivity contribution is 6.32. The summed E-state index contributed by atoms with van der Waals surface area (Å²) in [5.74, 6) is 0.452. The lowest BCUT2D eigenvalue weighted by molar-refractivity contribution is -0.400. The van der Waals surface area contributed by atoms with Crippen molar-refractivity contribution in [2.75, 3.05) is 0 Å². The van der Waals surface area contributed by atoms with Crippen LogP contribution in [0.1, 0.15) is 16.7 Å². The molecule has 6 heteroatoms. The number of hydrogen-bond acceptors (Lipinski definition) is 4. The average Bonchev–Trinajstić information content (AvgIpc) is 2.52. The van der Waals surface area contributed by atoms with Crippen LogP contribution in [0.2, 0.25) is 5.02 Å². The van der Waals surface area contributed by atoms with Crippen molar-refractivity contribution in [3.8, 4) is 11.8 Å². The smallest absolute Gasteiger partial charge is 0.235 e. The third kappa shape index (κ3) is 4.08. The number of nitriles is 1. The van der Waals surface area contributed by atoms with Crippen molar-refractivity contribution in [2.24, 2.45) is 0 Å². The van der Waals surface area contributed by atoms with E-state index >= 15 is 0 Å². The van der Waals surface area contributed by atoms with Crippen LogP contribution in [0, 0.1) is 21.4 Å². The van der Waals surface area contributed by atoms with E-state index in [4.69, 9.17) is 21.6 Å². The predicted octanol–water partition coefficient (Wildman–Crippen LogP) is 4.04. The monoisotopic (exact) mass is 314 g/mol. The van der Waals surface area contributed by atoms with E-state index in [0.717, 1.165) is 11.8 Å². The normalized spacial score (nSPS) is 10.4. The molecule has 0 aliphatic carbocycles. The van der Waals surface area contributed by atoms with Crippen LogP contribution in [0.3, 0.4) is 0 Å². The van der Waals surface area contributed by atoms with Gasteiger partial charge in [0.05, 0.1) is 21.6 Å². The molecule has 0 spiro atoms. The number of rotatable bonds is 5. The summed E-state index contributed by atoms with van der Waals surface area (Å²) in [5.41, 5.74) is 1.91. The summed E-state index contributed by atoms with van der Waals surface area (Å²) in [5, 5.41) is 19.6. The van der Waals surface area contributed by atoms with Gasteiger partial charge in [-0.15, -0.1) is 0 Å². The van der Waals surface area contributed by atoms with Crippen LogP contribution in [0.15, 0.2) is 48.7 Å². The van der Waals surface area contributed by atoms with Gasteiger partial charge in [-0.25, -0.2) is 0 Å². The Morgan fingerprint density at radius 3 is 2.77 bits per heavy atom. The number of ether oxygens (including phenoxy) is 1. The summed E-state index contributed by atoms with van der Waals surface area (Å²) in [7, 11) is 0. The van der Waals surface area contributed by atoms with Crippen LogP contribution in [0.5, 0.6) is 5.75 Å². The maximum Gasteiger partial charge on any atom is 0.235 e. The van der Waals surface area contributed by atoms with Crippen molar-refractivity contribution < 1.29 is 9.66 Å². The second-order valence-electron chi connectivity index (χ2n) is 4.35. The molecule has 0 fully saturated rings. The molecule has 0 amide bonds. The molecule has 0 bridgehead atoms. The minimum absolute atomic E-state index is 0.216. The summed E-state index contributed by atoms with van der Waals surface area (Å²) in [6.45, 7) is 0.216. The minimum atomic E-state index is -0.545. The van der Waals surface area contributed by atoms with E-state index in [0.29, 0.717) is 21.9 Å². The molecular weight excluding hydrogens is 304 g/mol. The lowest BCUT2D eigenvalue weighted by atomic mass is 10.1. The average molecular weight is 315 g/mol. The Bertz CT molecular complexity index is 766. The number of nitro groups is 1. The molecule has 0 saturated carbocycles. The quantitative estimate of drug-likeness (QED) is 0.616. The van der Waals surface area contributed by atoms with Crippen molar-refractivity contribution in [1.82, 2.24) is 0 Å². The highest BCUT2D eigenvalue weighted by Gasteiger charge is 2.06. The Balaban J connectivity index is 2.11. The number of halogens is 1. The summed E-state index contributed by atoms with van der Waals surface area (Å²) >= 11 is 6.09. The molecule has 0 aliphatic rings. The van der Waals surface area contributed by atoms with Crippen LogP contribution >= 0.6 is 11.6 Å². The van der Waals surface area contributed by atoms with Gasteiger partial charge < -0.3 is 4.74 Å². The van der Waals surface area contributed by atoms with E-state index in [1.165, 1.54) is 6.08 Å². The molecule has 2 aromatic carbocycles. The van der Waals surface area contributed by atoms with E-state index in [1.54, 1.807) is 36.4 Å². The molecule has 0 unspecified atom stereocenters. The Kier molecular flexibility index (Phi) is 5.12. The van der Waals surface area contributed by atoms with Gasteiger partial charge in [0.2, 0.25) is 6.20 Å².